The standard InChI is InChI=1S/C35H44N4O5/c1-25-12-15-31(37-24-25)39(34(42)30-11-8-20-44-30)28-16-19-36-27(21-28)14-13-26-9-4-5-10-29(26)38-32(40)22-35(23-33(41)43-2)17-6-3-7-18-35/h4-5,8-12,15,20,24,27-28,36H,3,6-7,13-14,16-19,21-23H2,1-2H3,(H,38,40). The maximum atomic E-state index is 13.6. The molecule has 1 aliphatic heterocycles. The number of methoxy groups -OCH3 is 1. The molecular formula is C35H44N4O5. The number of carbonyl (C=O) groups excluding carboxylic acids is 3. The number of para-hydroxylation sites is 1. The number of furan rings is 1. The van der Waals surface area contributed by atoms with E-state index in [0.717, 1.165) is 81.1 Å². The van der Waals surface area contributed by atoms with Crippen LogP contribution in [0.15, 0.2) is 65.4 Å². The average molecular weight is 601 g/mol. The van der Waals surface area contributed by atoms with Crippen LogP contribution in [-0.2, 0) is 20.7 Å². The summed E-state index contributed by atoms with van der Waals surface area (Å²) in [5.74, 6) is 0.429. The highest BCUT2D eigenvalue weighted by atomic mass is 16.5. The van der Waals surface area contributed by atoms with Gasteiger partial charge in [-0.2, -0.15) is 0 Å². The number of piperidine rings is 1. The number of nitrogens with zero attached hydrogens (tertiary/aromatic N) is 2. The molecule has 1 aromatic carbocycles. The Morgan fingerprint density at radius 2 is 1.89 bits per heavy atom. The van der Waals surface area contributed by atoms with Gasteiger partial charge in [-0.3, -0.25) is 19.3 Å². The Hall–Kier alpha value is -3.98. The molecule has 2 aromatic heterocycles. The van der Waals surface area contributed by atoms with Crippen molar-refractivity contribution in [2.45, 2.75) is 89.6 Å². The van der Waals surface area contributed by atoms with Crippen molar-refractivity contribution in [2.75, 3.05) is 23.9 Å². The highest BCUT2D eigenvalue weighted by molar-refractivity contribution is 6.04. The fourth-order valence-electron chi connectivity index (χ4n) is 6.84. The van der Waals surface area contributed by atoms with Gasteiger partial charge >= 0.3 is 5.97 Å². The Kier molecular flexibility index (Phi) is 10.5. The van der Waals surface area contributed by atoms with E-state index in [-0.39, 0.29) is 41.7 Å². The minimum Gasteiger partial charge on any atom is -0.469 e. The third kappa shape index (κ3) is 7.94. The third-order valence-electron chi connectivity index (χ3n) is 9.18. The van der Waals surface area contributed by atoms with Gasteiger partial charge in [-0.05, 0) is 92.8 Å². The van der Waals surface area contributed by atoms with Crippen LogP contribution in [-0.4, -0.2) is 48.5 Å². The molecule has 2 aliphatic rings. The Bertz CT molecular complexity index is 1400. The predicted molar refractivity (Wildman–Crippen MR) is 169 cm³/mol. The van der Waals surface area contributed by atoms with Crippen molar-refractivity contribution < 1.29 is 23.5 Å². The van der Waals surface area contributed by atoms with Gasteiger partial charge in [0, 0.05) is 30.4 Å². The van der Waals surface area contributed by atoms with E-state index in [0.29, 0.717) is 18.0 Å². The lowest BCUT2D eigenvalue weighted by molar-refractivity contribution is -0.144. The molecule has 2 unspecified atom stereocenters. The van der Waals surface area contributed by atoms with Crippen LogP contribution in [0.1, 0.15) is 85.9 Å². The molecule has 5 rings (SSSR count). The van der Waals surface area contributed by atoms with Crippen LogP contribution in [0.2, 0.25) is 0 Å². The maximum absolute atomic E-state index is 13.6. The minimum atomic E-state index is -0.337. The van der Waals surface area contributed by atoms with Crippen molar-refractivity contribution in [2.24, 2.45) is 5.41 Å². The molecule has 3 heterocycles. The number of hydrogen-bond acceptors (Lipinski definition) is 7. The predicted octanol–water partition coefficient (Wildman–Crippen LogP) is 6.23. The van der Waals surface area contributed by atoms with Gasteiger partial charge in [-0.25, -0.2) is 4.98 Å². The average Bonchev–Trinajstić information content (AvgIpc) is 3.58. The molecule has 3 aromatic rings. The zero-order valence-electron chi connectivity index (χ0n) is 25.8. The molecule has 0 radical (unpaired) electrons. The molecule has 2 atom stereocenters. The fourth-order valence-corrected chi connectivity index (χ4v) is 6.84. The topological polar surface area (TPSA) is 114 Å². The van der Waals surface area contributed by atoms with E-state index in [9.17, 15) is 14.4 Å². The maximum Gasteiger partial charge on any atom is 0.306 e. The van der Waals surface area contributed by atoms with E-state index in [4.69, 9.17) is 9.15 Å². The lowest BCUT2D eigenvalue weighted by Gasteiger charge is -2.37. The first-order valence-corrected chi connectivity index (χ1v) is 15.8. The second kappa shape index (κ2) is 14.7. The number of esters is 1. The first-order chi connectivity index (χ1) is 21.4. The molecule has 2 N–H and O–H groups in total. The zero-order chi connectivity index (χ0) is 30.9. The number of aryl methyl sites for hydroxylation is 2. The van der Waals surface area contributed by atoms with Gasteiger partial charge in [0.15, 0.2) is 5.76 Å². The highest BCUT2D eigenvalue weighted by Gasteiger charge is 2.37. The number of pyridine rings is 1. The van der Waals surface area contributed by atoms with Gasteiger partial charge in [0.05, 0.1) is 19.8 Å². The number of nitrogens with one attached hydrogen (secondary N) is 2. The van der Waals surface area contributed by atoms with Crippen LogP contribution in [0.5, 0.6) is 0 Å². The summed E-state index contributed by atoms with van der Waals surface area (Å²) in [4.78, 5) is 45.4. The first-order valence-electron chi connectivity index (χ1n) is 15.8. The fraction of sp³-hybridized carbons (Fsp3) is 0.486. The minimum absolute atomic E-state index is 0.0366. The Labute approximate surface area is 259 Å². The molecule has 9 nitrogen and oxygen atoms in total. The number of rotatable bonds is 11. The second-order valence-corrected chi connectivity index (χ2v) is 12.4. The van der Waals surface area contributed by atoms with Gasteiger partial charge < -0.3 is 19.8 Å². The van der Waals surface area contributed by atoms with E-state index >= 15 is 0 Å². The Morgan fingerprint density at radius 3 is 2.61 bits per heavy atom. The molecule has 2 amide bonds. The van der Waals surface area contributed by atoms with E-state index in [1.54, 1.807) is 23.2 Å². The zero-order valence-corrected chi connectivity index (χ0v) is 25.8. The number of carbonyl (C=O) groups is 3. The van der Waals surface area contributed by atoms with Gasteiger partial charge in [0.1, 0.15) is 5.82 Å². The quantitative estimate of drug-likeness (QED) is 0.251. The van der Waals surface area contributed by atoms with E-state index < -0.39 is 0 Å². The summed E-state index contributed by atoms with van der Waals surface area (Å²) in [6, 6.07) is 15.4. The van der Waals surface area contributed by atoms with Gasteiger partial charge in [0.2, 0.25) is 5.91 Å². The first kappa shape index (κ1) is 31.4. The molecular weight excluding hydrogens is 556 g/mol. The normalized spacial score (nSPS) is 19.6. The van der Waals surface area contributed by atoms with Crippen molar-refractivity contribution in [1.29, 1.82) is 0 Å². The van der Waals surface area contributed by atoms with Gasteiger partial charge in [-0.1, -0.05) is 43.5 Å². The molecule has 0 bridgehead atoms. The van der Waals surface area contributed by atoms with E-state index in [1.807, 2.05) is 37.3 Å². The molecule has 44 heavy (non-hydrogen) atoms. The molecule has 1 saturated carbocycles. The monoisotopic (exact) mass is 600 g/mol. The molecule has 234 valence electrons. The van der Waals surface area contributed by atoms with Crippen LogP contribution >= 0.6 is 0 Å². The van der Waals surface area contributed by atoms with Crippen molar-refractivity contribution in [3.05, 3.63) is 77.9 Å². The summed E-state index contributed by atoms with van der Waals surface area (Å²) in [6.45, 7) is 2.76. The summed E-state index contributed by atoms with van der Waals surface area (Å²) in [5.41, 5.74) is 2.58. The van der Waals surface area contributed by atoms with Crippen LogP contribution in [0.3, 0.4) is 0 Å². The summed E-state index contributed by atoms with van der Waals surface area (Å²) < 4.78 is 10.4. The van der Waals surface area contributed by atoms with Crippen molar-refractivity contribution >= 4 is 29.3 Å². The van der Waals surface area contributed by atoms with Crippen LogP contribution in [0.25, 0.3) is 0 Å². The van der Waals surface area contributed by atoms with Crippen molar-refractivity contribution in [1.82, 2.24) is 10.3 Å². The van der Waals surface area contributed by atoms with Crippen LogP contribution < -0.4 is 15.5 Å². The van der Waals surface area contributed by atoms with Gasteiger partial charge in [-0.15, -0.1) is 0 Å². The molecule has 1 aliphatic carbocycles. The smallest absolute Gasteiger partial charge is 0.306 e. The SMILES string of the molecule is COC(=O)CC1(CC(=O)Nc2ccccc2CCC2CC(N(C(=O)c3ccco3)c3ccc(C)cn3)CCN2)CCCCC1. The third-order valence-corrected chi connectivity index (χ3v) is 9.18. The second-order valence-electron chi connectivity index (χ2n) is 12.4. The van der Waals surface area contributed by atoms with Crippen LogP contribution in [0.4, 0.5) is 11.5 Å². The lowest BCUT2D eigenvalue weighted by atomic mass is 9.69. The van der Waals surface area contributed by atoms with Crippen molar-refractivity contribution in [3.8, 4) is 0 Å². The number of hydrogen-bond donors (Lipinski definition) is 2. The van der Waals surface area contributed by atoms with E-state index in [1.165, 1.54) is 13.4 Å². The molecule has 1 saturated heterocycles. The Morgan fingerprint density at radius 1 is 1.07 bits per heavy atom. The highest BCUT2D eigenvalue weighted by Crippen LogP contribution is 2.43. The summed E-state index contributed by atoms with van der Waals surface area (Å²) in [6.07, 6.45) is 12.0. The largest absolute Gasteiger partial charge is 0.469 e. The summed E-state index contributed by atoms with van der Waals surface area (Å²) in [7, 11) is 1.41. The molecule has 2 fully saturated rings. The van der Waals surface area contributed by atoms with Crippen molar-refractivity contribution in [3.63, 3.8) is 0 Å². The number of benzene rings is 1. The number of amides is 2. The summed E-state index contributed by atoms with van der Waals surface area (Å²) >= 11 is 0. The number of aromatic nitrogens is 1. The summed E-state index contributed by atoms with van der Waals surface area (Å²) in [5, 5.41) is 6.80. The Balaban J connectivity index is 1.24. The lowest BCUT2D eigenvalue weighted by Crippen LogP contribution is -2.50. The van der Waals surface area contributed by atoms with Crippen LogP contribution in [0, 0.1) is 12.3 Å². The number of ether oxygens (including phenoxy) is 1. The molecule has 0 spiro atoms. The van der Waals surface area contributed by atoms with Gasteiger partial charge in [0.25, 0.3) is 5.91 Å². The van der Waals surface area contributed by atoms with E-state index in [2.05, 4.69) is 21.7 Å². The molecule has 9 heteroatoms. The number of anilines is 2.